The number of ether oxygens (including phenoxy) is 2. The fourth-order valence-electron chi connectivity index (χ4n) is 2.31. The molecule has 0 bridgehead atoms. The first-order valence-corrected chi connectivity index (χ1v) is 8.82. The predicted octanol–water partition coefficient (Wildman–Crippen LogP) is 2.85. The lowest BCUT2D eigenvalue weighted by atomic mass is 10.1. The zero-order chi connectivity index (χ0) is 19.4. The van der Waals surface area contributed by atoms with Crippen molar-refractivity contribution < 1.29 is 18.7 Å². The fraction of sp³-hybridized carbons (Fsp3) is 0.111. The summed E-state index contributed by atoms with van der Waals surface area (Å²) in [5, 5.41) is 9.68. The lowest BCUT2D eigenvalue weighted by Crippen LogP contribution is -2.14. The number of hydrogen-bond acceptors (Lipinski definition) is 8. The molecule has 1 aromatic carbocycles. The second-order valence-corrected chi connectivity index (χ2v) is 5.94. The summed E-state index contributed by atoms with van der Waals surface area (Å²) >= 11 is 1.24. The lowest BCUT2D eigenvalue weighted by Gasteiger charge is -2.11. The number of H-pyrrole nitrogens is 1. The number of thioether (sulfide) groups is 1. The number of rotatable bonds is 5. The Hall–Kier alpha value is -3.51. The SMILES string of the molecule is COc1cc(-c2nc(SC)[nH]c(=O)c2C#N)ccc1OC(=O)c1ccco1. The number of benzene rings is 1. The van der Waals surface area contributed by atoms with E-state index in [2.05, 4.69) is 9.97 Å². The fourth-order valence-corrected chi connectivity index (χ4v) is 2.68. The van der Waals surface area contributed by atoms with Crippen LogP contribution in [0, 0.1) is 11.3 Å². The van der Waals surface area contributed by atoms with Crippen LogP contribution in [0.2, 0.25) is 0 Å². The largest absolute Gasteiger partial charge is 0.493 e. The van der Waals surface area contributed by atoms with Crippen molar-refractivity contribution in [2.75, 3.05) is 13.4 Å². The first kappa shape index (κ1) is 18.3. The number of methoxy groups -OCH3 is 1. The third kappa shape index (κ3) is 3.70. The maximum absolute atomic E-state index is 12.1. The molecule has 0 atom stereocenters. The van der Waals surface area contributed by atoms with Crippen molar-refractivity contribution in [3.63, 3.8) is 0 Å². The van der Waals surface area contributed by atoms with Crippen molar-refractivity contribution in [1.82, 2.24) is 9.97 Å². The first-order chi connectivity index (χ1) is 13.1. The van der Waals surface area contributed by atoms with Gasteiger partial charge in [-0.05, 0) is 36.6 Å². The minimum absolute atomic E-state index is 0.0498. The number of carbonyl (C=O) groups excluding carboxylic acids is 1. The molecule has 2 heterocycles. The van der Waals surface area contributed by atoms with Crippen LogP contribution >= 0.6 is 11.8 Å². The molecular formula is C18H13N3O5S. The van der Waals surface area contributed by atoms with E-state index in [1.54, 1.807) is 18.4 Å². The van der Waals surface area contributed by atoms with Crippen LogP contribution in [-0.4, -0.2) is 29.3 Å². The molecule has 0 fully saturated rings. The number of furan rings is 1. The highest BCUT2D eigenvalue weighted by molar-refractivity contribution is 7.98. The Bertz CT molecular complexity index is 1080. The van der Waals surface area contributed by atoms with Gasteiger partial charge in [-0.15, -0.1) is 0 Å². The third-order valence-electron chi connectivity index (χ3n) is 3.56. The van der Waals surface area contributed by atoms with Gasteiger partial charge in [-0.2, -0.15) is 5.26 Å². The van der Waals surface area contributed by atoms with Gasteiger partial charge >= 0.3 is 5.97 Å². The second-order valence-electron chi connectivity index (χ2n) is 5.14. The van der Waals surface area contributed by atoms with Crippen LogP contribution in [0.5, 0.6) is 11.5 Å². The molecule has 0 aliphatic rings. The number of aromatic nitrogens is 2. The van der Waals surface area contributed by atoms with Crippen molar-refractivity contribution >= 4 is 17.7 Å². The highest BCUT2D eigenvalue weighted by Crippen LogP contribution is 2.33. The van der Waals surface area contributed by atoms with E-state index in [0.717, 1.165) is 0 Å². The molecule has 0 spiro atoms. The van der Waals surface area contributed by atoms with Crippen LogP contribution in [0.15, 0.2) is 51.0 Å². The molecular weight excluding hydrogens is 370 g/mol. The summed E-state index contributed by atoms with van der Waals surface area (Å²) in [6, 6.07) is 9.53. The monoisotopic (exact) mass is 383 g/mol. The van der Waals surface area contributed by atoms with Crippen LogP contribution in [0.1, 0.15) is 16.1 Å². The van der Waals surface area contributed by atoms with Gasteiger partial charge in [-0.1, -0.05) is 11.8 Å². The zero-order valence-corrected chi connectivity index (χ0v) is 15.1. The highest BCUT2D eigenvalue weighted by atomic mass is 32.2. The molecule has 3 aromatic rings. The number of aromatic amines is 1. The molecule has 0 saturated heterocycles. The average Bonchev–Trinajstić information content (AvgIpc) is 3.22. The Balaban J connectivity index is 2.02. The molecule has 27 heavy (non-hydrogen) atoms. The molecule has 136 valence electrons. The number of nitriles is 1. The zero-order valence-electron chi connectivity index (χ0n) is 14.3. The first-order valence-electron chi connectivity index (χ1n) is 7.60. The van der Waals surface area contributed by atoms with E-state index in [1.165, 1.54) is 43.3 Å². The summed E-state index contributed by atoms with van der Waals surface area (Å²) in [7, 11) is 1.41. The van der Waals surface area contributed by atoms with E-state index in [4.69, 9.17) is 13.9 Å². The van der Waals surface area contributed by atoms with Gasteiger partial charge in [0.2, 0.25) is 5.76 Å². The van der Waals surface area contributed by atoms with E-state index in [9.17, 15) is 14.9 Å². The Morgan fingerprint density at radius 3 is 2.78 bits per heavy atom. The molecule has 0 radical (unpaired) electrons. The van der Waals surface area contributed by atoms with Crippen LogP contribution in [0.25, 0.3) is 11.3 Å². The van der Waals surface area contributed by atoms with Crippen molar-refractivity contribution in [2.45, 2.75) is 5.16 Å². The quantitative estimate of drug-likeness (QED) is 0.309. The Morgan fingerprint density at radius 1 is 1.33 bits per heavy atom. The normalized spacial score (nSPS) is 10.3. The topological polar surface area (TPSA) is 118 Å². The summed E-state index contributed by atoms with van der Waals surface area (Å²) in [6.45, 7) is 0. The molecule has 0 aliphatic heterocycles. The maximum atomic E-state index is 12.1. The van der Waals surface area contributed by atoms with E-state index in [0.29, 0.717) is 10.7 Å². The van der Waals surface area contributed by atoms with Gasteiger partial charge in [0.15, 0.2) is 16.7 Å². The van der Waals surface area contributed by atoms with Crippen LogP contribution in [0.4, 0.5) is 0 Å². The number of carbonyl (C=O) groups is 1. The summed E-state index contributed by atoms with van der Waals surface area (Å²) < 4.78 is 15.6. The minimum atomic E-state index is -0.678. The smallest absolute Gasteiger partial charge is 0.379 e. The molecule has 8 nitrogen and oxygen atoms in total. The molecule has 1 N–H and O–H groups in total. The van der Waals surface area contributed by atoms with Crippen molar-refractivity contribution in [1.29, 1.82) is 5.26 Å². The van der Waals surface area contributed by atoms with Gasteiger partial charge < -0.3 is 18.9 Å². The molecule has 0 amide bonds. The van der Waals surface area contributed by atoms with E-state index < -0.39 is 11.5 Å². The van der Waals surface area contributed by atoms with Gasteiger partial charge in [0.05, 0.1) is 19.1 Å². The average molecular weight is 383 g/mol. The molecule has 3 rings (SSSR count). The number of esters is 1. The molecule has 9 heteroatoms. The third-order valence-corrected chi connectivity index (χ3v) is 4.14. The van der Waals surface area contributed by atoms with Crippen LogP contribution < -0.4 is 15.0 Å². The van der Waals surface area contributed by atoms with E-state index >= 15 is 0 Å². The van der Waals surface area contributed by atoms with Gasteiger partial charge in [0.25, 0.3) is 5.56 Å². The molecule has 2 aromatic heterocycles. The number of nitrogens with one attached hydrogen (secondary N) is 1. The number of hydrogen-bond donors (Lipinski definition) is 1. The number of nitrogens with zero attached hydrogens (tertiary/aromatic N) is 2. The van der Waals surface area contributed by atoms with Gasteiger partial charge in [0, 0.05) is 5.56 Å². The Morgan fingerprint density at radius 2 is 2.15 bits per heavy atom. The van der Waals surface area contributed by atoms with Gasteiger partial charge in [0.1, 0.15) is 11.6 Å². The van der Waals surface area contributed by atoms with Crippen LogP contribution in [-0.2, 0) is 0 Å². The highest BCUT2D eigenvalue weighted by Gasteiger charge is 2.18. The summed E-state index contributed by atoms with van der Waals surface area (Å²) in [5.74, 6) is -0.225. The van der Waals surface area contributed by atoms with E-state index in [-0.39, 0.29) is 28.5 Å². The van der Waals surface area contributed by atoms with Crippen molar-refractivity contribution in [3.05, 3.63) is 58.3 Å². The van der Waals surface area contributed by atoms with Gasteiger partial charge in [-0.25, -0.2) is 9.78 Å². The molecule has 0 unspecified atom stereocenters. The van der Waals surface area contributed by atoms with Gasteiger partial charge in [-0.3, -0.25) is 4.79 Å². The molecule has 0 saturated carbocycles. The van der Waals surface area contributed by atoms with Crippen LogP contribution in [0.3, 0.4) is 0 Å². The molecule has 0 aliphatic carbocycles. The maximum Gasteiger partial charge on any atom is 0.379 e. The summed E-state index contributed by atoms with van der Waals surface area (Å²) in [4.78, 5) is 31.0. The predicted molar refractivity (Wildman–Crippen MR) is 97.0 cm³/mol. The Kier molecular flexibility index (Phi) is 5.28. The standard InChI is InChI=1S/C18H13N3O5S/c1-24-14-8-10(15-11(9-19)16(22)21-18(20-15)27-2)5-6-12(14)26-17(23)13-4-3-7-25-13/h3-8H,1-2H3,(H,20,21,22). The van der Waals surface area contributed by atoms with Crippen molar-refractivity contribution in [3.8, 4) is 28.8 Å². The second kappa shape index (κ2) is 7.80. The Labute approximate surface area is 157 Å². The summed E-state index contributed by atoms with van der Waals surface area (Å²) in [5.41, 5.74) is 0.0460. The summed E-state index contributed by atoms with van der Waals surface area (Å²) in [6.07, 6.45) is 3.12. The minimum Gasteiger partial charge on any atom is -0.493 e. The lowest BCUT2D eigenvalue weighted by molar-refractivity contribution is 0.0696. The van der Waals surface area contributed by atoms with E-state index in [1.807, 2.05) is 6.07 Å². The van der Waals surface area contributed by atoms with Crippen molar-refractivity contribution in [2.24, 2.45) is 0 Å².